The first-order chi connectivity index (χ1) is 14.5. The smallest absolute Gasteiger partial charge is 0.252 e. The summed E-state index contributed by atoms with van der Waals surface area (Å²) in [5, 5.41) is 9.91. The summed E-state index contributed by atoms with van der Waals surface area (Å²) in [7, 11) is 0. The van der Waals surface area contributed by atoms with E-state index >= 15 is 0 Å². The van der Waals surface area contributed by atoms with E-state index in [1.165, 1.54) is 0 Å². The number of hydrogen-bond donors (Lipinski definition) is 2. The first kappa shape index (κ1) is 19.8. The van der Waals surface area contributed by atoms with Crippen LogP contribution in [-0.2, 0) is 6.54 Å². The van der Waals surface area contributed by atoms with E-state index in [0.717, 1.165) is 5.56 Å². The van der Waals surface area contributed by atoms with Gasteiger partial charge in [0, 0.05) is 17.2 Å². The molecule has 0 saturated carbocycles. The normalized spacial score (nSPS) is 11.0. The lowest BCUT2D eigenvalue weighted by atomic mass is 10.1. The van der Waals surface area contributed by atoms with E-state index in [-0.39, 0.29) is 18.5 Å². The molecule has 2 N–H and O–H groups in total. The van der Waals surface area contributed by atoms with E-state index < -0.39 is 0 Å². The summed E-state index contributed by atoms with van der Waals surface area (Å²) in [5.74, 6) is 1.47. The number of carbonyl (C=O) groups is 1. The predicted octanol–water partition coefficient (Wildman–Crippen LogP) is 4.77. The van der Waals surface area contributed by atoms with Crippen molar-refractivity contribution in [3.63, 3.8) is 0 Å². The molecule has 0 unspecified atom stereocenters. The maximum absolute atomic E-state index is 12.9. The topological polar surface area (TPSA) is 88.7 Å². The van der Waals surface area contributed by atoms with Crippen LogP contribution >= 0.6 is 12.2 Å². The van der Waals surface area contributed by atoms with Crippen LogP contribution in [0.2, 0.25) is 0 Å². The highest BCUT2D eigenvalue weighted by Crippen LogP contribution is 2.28. The van der Waals surface area contributed by atoms with Gasteiger partial charge in [0.25, 0.3) is 5.91 Å². The number of amides is 1. The molecule has 4 aromatic rings. The van der Waals surface area contributed by atoms with Gasteiger partial charge in [-0.3, -0.25) is 9.89 Å². The molecule has 2 heterocycles. The number of hydrogen-bond acceptors (Lipinski definition) is 5. The zero-order chi connectivity index (χ0) is 21.1. The molecule has 0 bridgehead atoms. The Morgan fingerprint density at radius 1 is 1.17 bits per heavy atom. The molecular weight excluding hydrogens is 398 g/mol. The fraction of sp³-hybridized carbons (Fsp3) is 0.182. The van der Waals surface area contributed by atoms with Crippen molar-refractivity contribution >= 4 is 18.1 Å². The minimum Gasteiger partial charge on any atom is -0.436 e. The molecule has 152 valence electrons. The molecular formula is C22H21N5O2S. The van der Waals surface area contributed by atoms with Crippen LogP contribution in [-0.4, -0.2) is 25.7 Å². The second-order valence-electron chi connectivity index (χ2n) is 7.03. The van der Waals surface area contributed by atoms with E-state index in [9.17, 15) is 4.79 Å². The van der Waals surface area contributed by atoms with Gasteiger partial charge in [0.2, 0.25) is 5.89 Å². The van der Waals surface area contributed by atoms with Gasteiger partial charge in [-0.2, -0.15) is 5.10 Å². The molecule has 4 rings (SSSR count). The number of nitrogens with zero attached hydrogens (tertiary/aromatic N) is 3. The van der Waals surface area contributed by atoms with Crippen molar-refractivity contribution in [1.29, 1.82) is 0 Å². The zero-order valence-electron chi connectivity index (χ0n) is 16.6. The number of oxazole rings is 1. The summed E-state index contributed by atoms with van der Waals surface area (Å²) in [6, 6.07) is 17.1. The zero-order valence-corrected chi connectivity index (χ0v) is 17.4. The minimum absolute atomic E-state index is 0.138. The Morgan fingerprint density at radius 2 is 1.90 bits per heavy atom. The molecule has 8 heteroatoms. The second-order valence-corrected chi connectivity index (χ2v) is 7.42. The van der Waals surface area contributed by atoms with Crippen LogP contribution in [0.1, 0.15) is 36.1 Å². The number of H-pyrrole nitrogens is 1. The lowest BCUT2D eigenvalue weighted by Crippen LogP contribution is -2.25. The van der Waals surface area contributed by atoms with Crippen LogP contribution in [0.4, 0.5) is 0 Å². The Kier molecular flexibility index (Phi) is 5.58. The molecule has 0 saturated heterocycles. The van der Waals surface area contributed by atoms with E-state index in [0.29, 0.717) is 33.4 Å². The fourth-order valence-electron chi connectivity index (χ4n) is 3.25. The Morgan fingerprint density at radius 3 is 2.67 bits per heavy atom. The second kappa shape index (κ2) is 8.46. The standard InChI is InChI=1S/C22H21N5O2S/c1-14(2)27-19(25-26-22(27)30)13-23-20(28)16-10-6-7-11-17(16)21-24-12-18(29-21)15-8-4-3-5-9-15/h3-12,14H,13H2,1-2H3,(H,23,28)(H,26,30). The Hall–Kier alpha value is -3.52. The third kappa shape index (κ3) is 3.95. The predicted molar refractivity (Wildman–Crippen MR) is 116 cm³/mol. The number of rotatable bonds is 6. The fourth-order valence-corrected chi connectivity index (χ4v) is 3.61. The average Bonchev–Trinajstić information content (AvgIpc) is 3.39. The highest BCUT2D eigenvalue weighted by atomic mass is 32.1. The summed E-state index contributed by atoms with van der Waals surface area (Å²) >= 11 is 5.26. The number of carbonyl (C=O) groups excluding carboxylic acids is 1. The number of benzene rings is 2. The molecule has 0 aliphatic rings. The lowest BCUT2D eigenvalue weighted by Gasteiger charge is -2.12. The molecule has 2 aromatic carbocycles. The maximum atomic E-state index is 12.9. The van der Waals surface area contributed by atoms with Gasteiger partial charge in [-0.25, -0.2) is 4.98 Å². The number of aromatic amines is 1. The highest BCUT2D eigenvalue weighted by Gasteiger charge is 2.18. The average molecular weight is 420 g/mol. The van der Waals surface area contributed by atoms with Gasteiger partial charge in [-0.1, -0.05) is 42.5 Å². The lowest BCUT2D eigenvalue weighted by molar-refractivity contribution is 0.0949. The van der Waals surface area contributed by atoms with Crippen LogP contribution in [0.3, 0.4) is 0 Å². The molecule has 0 radical (unpaired) electrons. The van der Waals surface area contributed by atoms with Crippen molar-refractivity contribution in [2.45, 2.75) is 26.4 Å². The highest BCUT2D eigenvalue weighted by molar-refractivity contribution is 7.71. The molecule has 1 amide bonds. The summed E-state index contributed by atoms with van der Waals surface area (Å²) in [4.78, 5) is 17.3. The van der Waals surface area contributed by atoms with Crippen LogP contribution < -0.4 is 5.32 Å². The van der Waals surface area contributed by atoms with Crippen molar-refractivity contribution in [2.75, 3.05) is 0 Å². The third-order valence-corrected chi connectivity index (χ3v) is 4.96. The van der Waals surface area contributed by atoms with Gasteiger partial charge < -0.3 is 14.3 Å². The molecule has 30 heavy (non-hydrogen) atoms. The molecule has 2 aromatic heterocycles. The number of aromatic nitrogens is 4. The van der Waals surface area contributed by atoms with Gasteiger partial charge in [0.1, 0.15) is 0 Å². The Labute approximate surface area is 178 Å². The minimum atomic E-state index is -0.241. The molecule has 0 fully saturated rings. The molecule has 0 aliphatic heterocycles. The van der Waals surface area contributed by atoms with Crippen LogP contribution in [0, 0.1) is 4.77 Å². The maximum Gasteiger partial charge on any atom is 0.252 e. The first-order valence-electron chi connectivity index (χ1n) is 9.59. The summed E-state index contributed by atoms with van der Waals surface area (Å²) < 4.78 is 8.34. The van der Waals surface area contributed by atoms with E-state index in [2.05, 4.69) is 20.5 Å². The van der Waals surface area contributed by atoms with Gasteiger partial charge in [-0.05, 0) is 38.2 Å². The quantitative estimate of drug-likeness (QED) is 0.439. The van der Waals surface area contributed by atoms with Crippen molar-refractivity contribution in [3.05, 3.63) is 77.0 Å². The first-order valence-corrected chi connectivity index (χ1v) is 10.00. The van der Waals surface area contributed by atoms with Crippen molar-refractivity contribution in [3.8, 4) is 22.8 Å². The van der Waals surface area contributed by atoms with Crippen LogP contribution in [0.25, 0.3) is 22.8 Å². The monoisotopic (exact) mass is 419 g/mol. The summed E-state index contributed by atoms with van der Waals surface area (Å²) in [5.41, 5.74) is 2.03. The third-order valence-electron chi connectivity index (χ3n) is 4.67. The number of nitrogens with one attached hydrogen (secondary N) is 2. The molecule has 0 atom stereocenters. The van der Waals surface area contributed by atoms with E-state index in [1.54, 1.807) is 12.3 Å². The van der Waals surface area contributed by atoms with Crippen LogP contribution in [0.5, 0.6) is 0 Å². The van der Waals surface area contributed by atoms with Gasteiger partial charge in [-0.15, -0.1) is 0 Å². The van der Waals surface area contributed by atoms with Crippen molar-refractivity contribution in [1.82, 2.24) is 25.1 Å². The summed E-state index contributed by atoms with van der Waals surface area (Å²) in [6.07, 6.45) is 1.67. The largest absolute Gasteiger partial charge is 0.436 e. The Balaban J connectivity index is 1.57. The summed E-state index contributed by atoms with van der Waals surface area (Å²) in [6.45, 7) is 4.27. The molecule has 0 spiro atoms. The van der Waals surface area contributed by atoms with Gasteiger partial charge >= 0.3 is 0 Å². The molecule has 0 aliphatic carbocycles. The van der Waals surface area contributed by atoms with Crippen LogP contribution in [0.15, 0.2) is 65.2 Å². The van der Waals surface area contributed by atoms with Crippen molar-refractivity contribution < 1.29 is 9.21 Å². The van der Waals surface area contributed by atoms with Gasteiger partial charge in [0.05, 0.1) is 18.3 Å². The van der Waals surface area contributed by atoms with Gasteiger partial charge in [0.15, 0.2) is 16.4 Å². The Bertz CT molecular complexity index is 1220. The SMILES string of the molecule is CC(C)n1c(CNC(=O)c2ccccc2-c2ncc(-c3ccccc3)o2)n[nH]c1=S. The van der Waals surface area contributed by atoms with Crippen molar-refractivity contribution in [2.24, 2.45) is 0 Å². The van der Waals surface area contributed by atoms with E-state index in [4.69, 9.17) is 16.6 Å². The van der Waals surface area contributed by atoms with E-state index in [1.807, 2.05) is 66.9 Å². The molecule has 7 nitrogen and oxygen atoms in total.